The third-order valence-electron chi connectivity index (χ3n) is 4.16. The van der Waals surface area contributed by atoms with E-state index in [0.29, 0.717) is 11.5 Å². The molecule has 2 aromatic carbocycles. The standard InChI is InChI=1S/C19H13BrN4O3S/c1-27-16-7-6-13(8-15(16)24(25)26)23-18-17-14(9-28-19(17)22-10-21-18)11-2-4-12(20)5-3-11/h2-10H,1H3,(H,21,22,23). The van der Waals surface area contributed by atoms with Gasteiger partial charge in [-0.3, -0.25) is 10.1 Å². The molecule has 0 bridgehead atoms. The van der Waals surface area contributed by atoms with Gasteiger partial charge < -0.3 is 10.1 Å². The molecule has 0 amide bonds. The van der Waals surface area contributed by atoms with Gasteiger partial charge in [0.25, 0.3) is 0 Å². The first-order chi connectivity index (χ1) is 13.6. The van der Waals surface area contributed by atoms with Gasteiger partial charge in [0.05, 0.1) is 17.4 Å². The Balaban J connectivity index is 1.80. The number of nitrogens with one attached hydrogen (secondary N) is 1. The van der Waals surface area contributed by atoms with Gasteiger partial charge in [0.15, 0.2) is 5.75 Å². The topological polar surface area (TPSA) is 90.2 Å². The van der Waals surface area contributed by atoms with Crippen LogP contribution >= 0.6 is 27.3 Å². The number of methoxy groups -OCH3 is 1. The molecule has 0 radical (unpaired) electrons. The average molecular weight is 457 g/mol. The number of ether oxygens (including phenoxy) is 1. The molecule has 0 unspecified atom stereocenters. The van der Waals surface area contributed by atoms with Crippen LogP contribution in [-0.2, 0) is 0 Å². The average Bonchev–Trinajstić information content (AvgIpc) is 3.14. The number of halogens is 1. The fraction of sp³-hybridized carbons (Fsp3) is 0.0526. The Bertz CT molecular complexity index is 1180. The molecule has 0 atom stereocenters. The van der Waals surface area contributed by atoms with Crippen LogP contribution in [0.25, 0.3) is 21.3 Å². The van der Waals surface area contributed by atoms with E-state index < -0.39 is 4.92 Å². The van der Waals surface area contributed by atoms with Crippen molar-refractivity contribution in [2.24, 2.45) is 0 Å². The smallest absolute Gasteiger partial charge is 0.312 e. The van der Waals surface area contributed by atoms with E-state index in [1.165, 1.54) is 30.8 Å². The van der Waals surface area contributed by atoms with Gasteiger partial charge >= 0.3 is 5.69 Å². The number of hydrogen-bond donors (Lipinski definition) is 1. The van der Waals surface area contributed by atoms with Crippen LogP contribution < -0.4 is 10.1 Å². The van der Waals surface area contributed by atoms with E-state index in [1.54, 1.807) is 12.1 Å². The Labute approximate surface area is 172 Å². The van der Waals surface area contributed by atoms with E-state index >= 15 is 0 Å². The number of rotatable bonds is 5. The minimum Gasteiger partial charge on any atom is -0.490 e. The first-order valence-corrected chi connectivity index (χ1v) is 9.81. The van der Waals surface area contributed by atoms with E-state index in [4.69, 9.17) is 4.74 Å². The Morgan fingerprint density at radius 3 is 2.68 bits per heavy atom. The van der Waals surface area contributed by atoms with Crippen LogP contribution in [0.3, 0.4) is 0 Å². The highest BCUT2D eigenvalue weighted by Gasteiger charge is 2.17. The van der Waals surface area contributed by atoms with Crippen LogP contribution in [0.2, 0.25) is 0 Å². The predicted octanol–water partition coefficient (Wildman–Crippen LogP) is 5.78. The molecular weight excluding hydrogens is 444 g/mol. The summed E-state index contributed by atoms with van der Waals surface area (Å²) in [5, 5.41) is 17.4. The monoisotopic (exact) mass is 456 g/mol. The molecule has 9 heteroatoms. The van der Waals surface area contributed by atoms with Gasteiger partial charge in [-0.15, -0.1) is 11.3 Å². The second-order valence-corrected chi connectivity index (χ2v) is 7.60. The lowest BCUT2D eigenvalue weighted by Crippen LogP contribution is -1.98. The van der Waals surface area contributed by atoms with Gasteiger partial charge in [0, 0.05) is 27.2 Å². The van der Waals surface area contributed by atoms with Crippen LogP contribution in [0.5, 0.6) is 5.75 Å². The molecule has 0 saturated carbocycles. The van der Waals surface area contributed by atoms with Crippen molar-refractivity contribution in [2.75, 3.05) is 12.4 Å². The quantitative estimate of drug-likeness (QED) is 0.302. The molecule has 4 aromatic rings. The van der Waals surface area contributed by atoms with Gasteiger partial charge in [-0.05, 0) is 29.8 Å². The third-order valence-corrected chi connectivity index (χ3v) is 5.58. The van der Waals surface area contributed by atoms with Crippen LogP contribution in [-0.4, -0.2) is 22.0 Å². The van der Waals surface area contributed by atoms with Crippen molar-refractivity contribution in [2.45, 2.75) is 0 Å². The van der Waals surface area contributed by atoms with Gasteiger partial charge in [0.2, 0.25) is 0 Å². The first-order valence-electron chi connectivity index (χ1n) is 8.14. The summed E-state index contributed by atoms with van der Waals surface area (Å²) in [5.41, 5.74) is 2.46. The summed E-state index contributed by atoms with van der Waals surface area (Å²) in [5.74, 6) is 0.790. The predicted molar refractivity (Wildman–Crippen MR) is 113 cm³/mol. The van der Waals surface area contributed by atoms with Gasteiger partial charge in [-0.1, -0.05) is 28.1 Å². The molecule has 28 heavy (non-hydrogen) atoms. The van der Waals surface area contributed by atoms with Gasteiger partial charge in [-0.2, -0.15) is 0 Å². The number of anilines is 2. The van der Waals surface area contributed by atoms with Crippen molar-refractivity contribution in [1.82, 2.24) is 9.97 Å². The van der Waals surface area contributed by atoms with Crippen molar-refractivity contribution in [3.8, 4) is 16.9 Å². The molecule has 2 aromatic heterocycles. The molecule has 0 spiro atoms. The van der Waals surface area contributed by atoms with Crippen molar-refractivity contribution in [3.63, 3.8) is 0 Å². The fourth-order valence-corrected chi connectivity index (χ4v) is 4.04. The van der Waals surface area contributed by atoms with Crippen LogP contribution in [0.15, 0.2) is 58.6 Å². The highest BCUT2D eigenvalue weighted by molar-refractivity contribution is 9.10. The van der Waals surface area contributed by atoms with Crippen molar-refractivity contribution < 1.29 is 9.66 Å². The maximum Gasteiger partial charge on any atom is 0.312 e. The number of nitrogens with zero attached hydrogens (tertiary/aromatic N) is 3. The maximum atomic E-state index is 11.3. The number of fused-ring (bicyclic) bond motifs is 1. The zero-order valence-corrected chi connectivity index (χ0v) is 17.0. The molecule has 0 saturated heterocycles. The largest absolute Gasteiger partial charge is 0.490 e. The van der Waals surface area contributed by atoms with E-state index in [9.17, 15) is 10.1 Å². The minimum atomic E-state index is -0.475. The lowest BCUT2D eigenvalue weighted by molar-refractivity contribution is -0.385. The fourth-order valence-electron chi connectivity index (χ4n) is 2.86. The number of nitro benzene ring substituents is 1. The Morgan fingerprint density at radius 2 is 1.96 bits per heavy atom. The Kier molecular flexibility index (Phi) is 4.93. The molecular formula is C19H13BrN4O3S. The van der Waals surface area contributed by atoms with Crippen molar-refractivity contribution in [3.05, 3.63) is 68.8 Å². The maximum absolute atomic E-state index is 11.3. The molecule has 0 fully saturated rings. The normalized spacial score (nSPS) is 10.8. The molecule has 0 aliphatic heterocycles. The molecule has 7 nitrogen and oxygen atoms in total. The third kappa shape index (κ3) is 3.41. The Morgan fingerprint density at radius 1 is 1.18 bits per heavy atom. The number of nitro groups is 1. The summed E-state index contributed by atoms with van der Waals surface area (Å²) in [4.78, 5) is 20.4. The second kappa shape index (κ2) is 7.53. The van der Waals surface area contributed by atoms with E-state index in [0.717, 1.165) is 25.8 Å². The lowest BCUT2D eigenvalue weighted by Gasteiger charge is -2.10. The molecule has 1 N–H and O–H groups in total. The van der Waals surface area contributed by atoms with E-state index in [1.807, 2.05) is 29.6 Å². The lowest BCUT2D eigenvalue weighted by atomic mass is 10.1. The second-order valence-electron chi connectivity index (χ2n) is 5.83. The number of hydrogen-bond acceptors (Lipinski definition) is 7. The number of thiophene rings is 1. The van der Waals surface area contributed by atoms with Crippen molar-refractivity contribution in [1.29, 1.82) is 0 Å². The zero-order chi connectivity index (χ0) is 19.7. The zero-order valence-electron chi connectivity index (χ0n) is 14.5. The summed E-state index contributed by atoms with van der Waals surface area (Å²) in [6.45, 7) is 0. The summed E-state index contributed by atoms with van der Waals surface area (Å²) in [7, 11) is 1.40. The number of benzene rings is 2. The summed E-state index contributed by atoms with van der Waals surface area (Å²) >= 11 is 4.97. The molecule has 4 rings (SSSR count). The van der Waals surface area contributed by atoms with Crippen molar-refractivity contribution >= 4 is 54.7 Å². The highest BCUT2D eigenvalue weighted by atomic mass is 79.9. The summed E-state index contributed by atoms with van der Waals surface area (Å²) < 4.78 is 6.06. The molecule has 140 valence electrons. The molecule has 2 heterocycles. The first kappa shape index (κ1) is 18.3. The number of aromatic nitrogens is 2. The SMILES string of the molecule is COc1ccc(Nc2ncnc3scc(-c4ccc(Br)cc4)c23)cc1[N+](=O)[O-]. The highest BCUT2D eigenvalue weighted by Crippen LogP contribution is 2.38. The Hall–Kier alpha value is -3.04. The molecule has 0 aliphatic carbocycles. The van der Waals surface area contributed by atoms with Gasteiger partial charge in [-0.25, -0.2) is 9.97 Å². The minimum absolute atomic E-state index is 0.115. The van der Waals surface area contributed by atoms with E-state index in [2.05, 4.69) is 31.2 Å². The van der Waals surface area contributed by atoms with Gasteiger partial charge in [0.1, 0.15) is 17.0 Å². The van der Waals surface area contributed by atoms with Crippen LogP contribution in [0.4, 0.5) is 17.2 Å². The summed E-state index contributed by atoms with van der Waals surface area (Å²) in [6.07, 6.45) is 1.48. The summed E-state index contributed by atoms with van der Waals surface area (Å²) in [6, 6.07) is 12.7. The van der Waals surface area contributed by atoms with Crippen LogP contribution in [0.1, 0.15) is 0 Å². The molecule has 0 aliphatic rings. The van der Waals surface area contributed by atoms with E-state index in [-0.39, 0.29) is 11.4 Å². The van der Waals surface area contributed by atoms with Crippen LogP contribution in [0, 0.1) is 10.1 Å².